The minimum absolute atomic E-state index is 0.643. The molecule has 0 bridgehead atoms. The highest BCUT2D eigenvalue weighted by Gasteiger charge is 2.15. The Bertz CT molecular complexity index is 357. The van der Waals surface area contributed by atoms with Gasteiger partial charge in [-0.25, -0.2) is 0 Å². The van der Waals surface area contributed by atoms with Gasteiger partial charge >= 0.3 is 0 Å². The van der Waals surface area contributed by atoms with Gasteiger partial charge in [-0.15, -0.1) is 0 Å². The van der Waals surface area contributed by atoms with Gasteiger partial charge in [0.05, 0.1) is 0 Å². The number of nitrogens with one attached hydrogen (secondary N) is 1. The summed E-state index contributed by atoms with van der Waals surface area (Å²) in [4.78, 5) is 0. The standard InChI is InChI=1S/C12H17BrN2/c1-8-6-12(10(13)7-11(8)14)15-9-4-2-3-5-9/h6-7,9,15H,2-5,14H2,1H3. The minimum Gasteiger partial charge on any atom is -0.398 e. The summed E-state index contributed by atoms with van der Waals surface area (Å²) in [6, 6.07) is 4.74. The molecule has 3 heteroatoms. The van der Waals surface area contributed by atoms with Crippen molar-refractivity contribution >= 4 is 27.3 Å². The Morgan fingerprint density at radius 2 is 2.00 bits per heavy atom. The molecule has 0 atom stereocenters. The van der Waals surface area contributed by atoms with Crippen LogP contribution in [0.1, 0.15) is 31.2 Å². The molecule has 0 radical (unpaired) electrons. The van der Waals surface area contributed by atoms with E-state index < -0.39 is 0 Å². The highest BCUT2D eigenvalue weighted by Crippen LogP contribution is 2.30. The van der Waals surface area contributed by atoms with Crippen molar-refractivity contribution in [2.75, 3.05) is 11.1 Å². The number of halogens is 1. The van der Waals surface area contributed by atoms with Crippen LogP contribution in [0.4, 0.5) is 11.4 Å². The van der Waals surface area contributed by atoms with Crippen molar-refractivity contribution in [2.45, 2.75) is 38.6 Å². The largest absolute Gasteiger partial charge is 0.398 e. The third-order valence-corrected chi connectivity index (χ3v) is 3.73. The summed E-state index contributed by atoms with van der Waals surface area (Å²) in [5.41, 5.74) is 9.00. The van der Waals surface area contributed by atoms with Crippen LogP contribution in [0.25, 0.3) is 0 Å². The van der Waals surface area contributed by atoms with Crippen LogP contribution in [0.15, 0.2) is 16.6 Å². The summed E-state index contributed by atoms with van der Waals surface area (Å²) in [5, 5.41) is 3.57. The van der Waals surface area contributed by atoms with Gasteiger partial charge in [-0.1, -0.05) is 12.8 Å². The molecule has 0 aromatic heterocycles. The molecule has 15 heavy (non-hydrogen) atoms. The zero-order valence-corrected chi connectivity index (χ0v) is 10.6. The van der Waals surface area contributed by atoms with Gasteiger partial charge in [-0.3, -0.25) is 0 Å². The average Bonchev–Trinajstić information content (AvgIpc) is 2.67. The van der Waals surface area contributed by atoms with E-state index in [-0.39, 0.29) is 0 Å². The van der Waals surface area contributed by atoms with Crippen LogP contribution in [0.5, 0.6) is 0 Å². The highest BCUT2D eigenvalue weighted by atomic mass is 79.9. The molecule has 3 N–H and O–H groups in total. The van der Waals surface area contributed by atoms with E-state index in [0.717, 1.165) is 15.7 Å². The fourth-order valence-electron chi connectivity index (χ4n) is 2.10. The third kappa shape index (κ3) is 2.46. The van der Waals surface area contributed by atoms with Gasteiger partial charge in [0.25, 0.3) is 0 Å². The lowest BCUT2D eigenvalue weighted by atomic mass is 10.1. The van der Waals surface area contributed by atoms with Crippen molar-refractivity contribution in [2.24, 2.45) is 0 Å². The summed E-state index contributed by atoms with van der Waals surface area (Å²) in [6.07, 6.45) is 5.28. The van der Waals surface area contributed by atoms with E-state index in [1.54, 1.807) is 0 Å². The van der Waals surface area contributed by atoms with Crippen molar-refractivity contribution in [3.63, 3.8) is 0 Å². The predicted molar refractivity (Wildman–Crippen MR) is 69.2 cm³/mol. The van der Waals surface area contributed by atoms with Gasteiger partial charge in [0.2, 0.25) is 0 Å². The number of benzene rings is 1. The number of nitrogen functional groups attached to an aromatic ring is 1. The Labute approximate surface area is 99.4 Å². The number of aryl methyl sites for hydroxylation is 1. The fraction of sp³-hybridized carbons (Fsp3) is 0.500. The minimum atomic E-state index is 0.643. The summed E-state index contributed by atoms with van der Waals surface area (Å²) in [6.45, 7) is 2.04. The lowest BCUT2D eigenvalue weighted by Crippen LogP contribution is -2.15. The summed E-state index contributed by atoms with van der Waals surface area (Å²) >= 11 is 3.55. The smallest absolute Gasteiger partial charge is 0.0490 e. The summed E-state index contributed by atoms with van der Waals surface area (Å²) in [7, 11) is 0. The van der Waals surface area contributed by atoms with E-state index in [9.17, 15) is 0 Å². The normalized spacial score (nSPS) is 16.9. The van der Waals surface area contributed by atoms with Crippen LogP contribution in [0, 0.1) is 6.92 Å². The molecular weight excluding hydrogens is 252 g/mol. The van der Waals surface area contributed by atoms with Crippen LogP contribution >= 0.6 is 15.9 Å². The SMILES string of the molecule is Cc1cc(NC2CCCC2)c(Br)cc1N. The van der Waals surface area contributed by atoms with E-state index in [1.165, 1.54) is 31.4 Å². The molecule has 0 amide bonds. The van der Waals surface area contributed by atoms with E-state index in [4.69, 9.17) is 5.73 Å². The zero-order chi connectivity index (χ0) is 10.8. The van der Waals surface area contributed by atoms with Crippen molar-refractivity contribution in [1.29, 1.82) is 0 Å². The Morgan fingerprint density at radius 3 is 2.67 bits per heavy atom. The maximum Gasteiger partial charge on any atom is 0.0490 e. The van der Waals surface area contributed by atoms with Crippen LogP contribution in [0.3, 0.4) is 0 Å². The van der Waals surface area contributed by atoms with Crippen molar-refractivity contribution in [3.8, 4) is 0 Å². The molecule has 2 nitrogen and oxygen atoms in total. The van der Waals surface area contributed by atoms with E-state index in [2.05, 4.69) is 27.3 Å². The zero-order valence-electron chi connectivity index (χ0n) is 9.02. The van der Waals surface area contributed by atoms with Gasteiger partial charge in [0.1, 0.15) is 0 Å². The Morgan fingerprint density at radius 1 is 1.33 bits per heavy atom. The van der Waals surface area contributed by atoms with Crippen LogP contribution in [-0.2, 0) is 0 Å². The Kier molecular flexibility index (Phi) is 3.19. The van der Waals surface area contributed by atoms with Crippen LogP contribution in [0.2, 0.25) is 0 Å². The first kappa shape index (κ1) is 10.8. The lowest BCUT2D eigenvalue weighted by molar-refractivity contribution is 0.755. The van der Waals surface area contributed by atoms with Gasteiger partial charge in [0, 0.05) is 21.9 Å². The molecule has 0 heterocycles. The highest BCUT2D eigenvalue weighted by molar-refractivity contribution is 9.10. The summed E-state index contributed by atoms with van der Waals surface area (Å²) in [5.74, 6) is 0. The summed E-state index contributed by atoms with van der Waals surface area (Å²) < 4.78 is 1.07. The number of hydrogen-bond donors (Lipinski definition) is 2. The predicted octanol–water partition coefficient (Wildman–Crippen LogP) is 3.69. The molecule has 0 saturated heterocycles. The van der Waals surface area contributed by atoms with E-state index in [0.29, 0.717) is 6.04 Å². The molecule has 1 fully saturated rings. The first-order chi connectivity index (χ1) is 7.16. The molecule has 0 aliphatic heterocycles. The lowest BCUT2D eigenvalue weighted by Gasteiger charge is -2.16. The molecule has 2 rings (SSSR count). The third-order valence-electron chi connectivity index (χ3n) is 3.07. The Hall–Kier alpha value is -0.700. The topological polar surface area (TPSA) is 38.0 Å². The molecule has 1 aliphatic carbocycles. The first-order valence-electron chi connectivity index (χ1n) is 5.49. The molecule has 0 unspecified atom stereocenters. The first-order valence-corrected chi connectivity index (χ1v) is 6.28. The number of rotatable bonds is 2. The van der Waals surface area contributed by atoms with Crippen molar-refractivity contribution < 1.29 is 0 Å². The molecule has 1 saturated carbocycles. The molecule has 1 aromatic carbocycles. The van der Waals surface area contributed by atoms with Crippen LogP contribution < -0.4 is 11.1 Å². The van der Waals surface area contributed by atoms with Crippen molar-refractivity contribution in [1.82, 2.24) is 0 Å². The molecular formula is C12H17BrN2. The second kappa shape index (κ2) is 4.44. The van der Waals surface area contributed by atoms with Gasteiger partial charge in [-0.2, -0.15) is 0 Å². The van der Waals surface area contributed by atoms with Gasteiger partial charge in [-0.05, 0) is 53.4 Å². The maximum absolute atomic E-state index is 5.84. The molecule has 1 aliphatic rings. The number of hydrogen-bond acceptors (Lipinski definition) is 2. The number of anilines is 2. The monoisotopic (exact) mass is 268 g/mol. The van der Waals surface area contributed by atoms with E-state index >= 15 is 0 Å². The second-order valence-corrected chi connectivity index (χ2v) is 5.17. The Balaban J connectivity index is 2.16. The van der Waals surface area contributed by atoms with Gasteiger partial charge < -0.3 is 11.1 Å². The molecule has 82 valence electrons. The van der Waals surface area contributed by atoms with E-state index in [1.807, 2.05) is 13.0 Å². The van der Waals surface area contributed by atoms with Crippen molar-refractivity contribution in [3.05, 3.63) is 22.2 Å². The molecule has 1 aromatic rings. The second-order valence-electron chi connectivity index (χ2n) is 4.31. The average molecular weight is 269 g/mol. The maximum atomic E-state index is 5.84. The molecule has 0 spiro atoms. The fourth-order valence-corrected chi connectivity index (χ4v) is 2.57. The quantitative estimate of drug-likeness (QED) is 0.803. The van der Waals surface area contributed by atoms with Gasteiger partial charge in [0.15, 0.2) is 0 Å². The number of nitrogens with two attached hydrogens (primary N) is 1. The van der Waals surface area contributed by atoms with Crippen LogP contribution in [-0.4, -0.2) is 6.04 Å².